The maximum atomic E-state index is 9.60. The second kappa shape index (κ2) is 6.31. The Balaban J connectivity index is 2.17. The summed E-state index contributed by atoms with van der Waals surface area (Å²) in [6.07, 6.45) is -0.445. The van der Waals surface area contributed by atoms with Crippen molar-refractivity contribution in [1.29, 1.82) is 0 Å². The van der Waals surface area contributed by atoms with Crippen molar-refractivity contribution >= 4 is 0 Å². The summed E-state index contributed by atoms with van der Waals surface area (Å²) in [6.45, 7) is 10.7. The number of rotatable bonds is 4. The Hall–Kier alpha value is -1.80. The molecule has 0 aliphatic heterocycles. The second-order valence-electron chi connectivity index (χ2n) is 5.87. The van der Waals surface area contributed by atoms with Gasteiger partial charge in [0.2, 0.25) is 0 Å². The van der Waals surface area contributed by atoms with Crippen LogP contribution in [-0.4, -0.2) is 5.11 Å². The minimum Gasteiger partial charge on any atom is -0.489 e. The molecule has 0 aromatic heterocycles. The summed E-state index contributed by atoms with van der Waals surface area (Å²) in [5.41, 5.74) is 7.04. The Morgan fingerprint density at radius 2 is 1.57 bits per heavy atom. The molecule has 2 aromatic rings. The first kappa shape index (κ1) is 15.6. The first-order valence-corrected chi connectivity index (χ1v) is 7.36. The van der Waals surface area contributed by atoms with Crippen LogP contribution in [0.5, 0.6) is 5.75 Å². The number of hydrogen-bond acceptors (Lipinski definition) is 2. The molecule has 2 nitrogen and oxygen atoms in total. The van der Waals surface area contributed by atoms with E-state index in [0.717, 1.165) is 16.9 Å². The van der Waals surface area contributed by atoms with Crippen LogP contribution in [0.25, 0.3) is 0 Å². The minimum atomic E-state index is -0.445. The van der Waals surface area contributed by atoms with Crippen LogP contribution in [0.3, 0.4) is 0 Å². The zero-order chi connectivity index (χ0) is 15.6. The van der Waals surface area contributed by atoms with Crippen LogP contribution in [-0.2, 0) is 6.61 Å². The molecule has 2 rings (SSSR count). The summed E-state index contributed by atoms with van der Waals surface area (Å²) in [5, 5.41) is 9.60. The molecule has 1 N–H and O–H groups in total. The van der Waals surface area contributed by atoms with Crippen LogP contribution < -0.4 is 4.74 Å². The molecule has 0 saturated carbocycles. The summed E-state index contributed by atoms with van der Waals surface area (Å²) < 4.78 is 5.98. The van der Waals surface area contributed by atoms with E-state index in [-0.39, 0.29) is 0 Å². The van der Waals surface area contributed by atoms with Gasteiger partial charge in [0.1, 0.15) is 12.4 Å². The Bertz CT molecular complexity index is 619. The molecule has 1 atom stereocenters. The maximum absolute atomic E-state index is 9.60. The fourth-order valence-electron chi connectivity index (χ4n) is 2.68. The smallest absolute Gasteiger partial charge is 0.122 e. The fourth-order valence-corrected chi connectivity index (χ4v) is 2.68. The maximum Gasteiger partial charge on any atom is 0.122 e. The van der Waals surface area contributed by atoms with Crippen LogP contribution in [0, 0.1) is 27.7 Å². The predicted molar refractivity (Wildman–Crippen MR) is 86.8 cm³/mol. The summed E-state index contributed by atoms with van der Waals surface area (Å²) in [7, 11) is 0. The Morgan fingerprint density at radius 1 is 0.952 bits per heavy atom. The molecule has 0 aliphatic carbocycles. The number of aliphatic hydroxyl groups excluding tert-OH is 1. The molecule has 0 spiro atoms. The fraction of sp³-hybridized carbons (Fsp3) is 0.368. The van der Waals surface area contributed by atoms with Crippen molar-refractivity contribution in [3.8, 4) is 5.75 Å². The van der Waals surface area contributed by atoms with Crippen LogP contribution in [0.4, 0.5) is 0 Å². The quantitative estimate of drug-likeness (QED) is 0.892. The van der Waals surface area contributed by atoms with Gasteiger partial charge in [-0.2, -0.15) is 0 Å². The van der Waals surface area contributed by atoms with Gasteiger partial charge >= 0.3 is 0 Å². The Kier molecular flexibility index (Phi) is 4.69. The lowest BCUT2D eigenvalue weighted by Gasteiger charge is -2.15. The van der Waals surface area contributed by atoms with Crippen molar-refractivity contribution in [1.82, 2.24) is 0 Å². The van der Waals surface area contributed by atoms with Gasteiger partial charge in [0, 0.05) is 0 Å². The summed E-state index contributed by atoms with van der Waals surface area (Å²) in [4.78, 5) is 0. The van der Waals surface area contributed by atoms with Gasteiger partial charge in [-0.1, -0.05) is 23.8 Å². The highest BCUT2D eigenvalue weighted by Crippen LogP contribution is 2.25. The lowest BCUT2D eigenvalue weighted by Crippen LogP contribution is -2.03. The van der Waals surface area contributed by atoms with Gasteiger partial charge in [0.15, 0.2) is 0 Å². The topological polar surface area (TPSA) is 29.5 Å². The number of benzene rings is 2. The van der Waals surface area contributed by atoms with Gasteiger partial charge < -0.3 is 9.84 Å². The molecule has 2 aromatic carbocycles. The SMILES string of the molecule is Cc1cc(C)c(COc2ccc(C(C)O)cc2C)c(C)c1. The third-order valence-corrected chi connectivity index (χ3v) is 3.89. The van der Waals surface area contributed by atoms with E-state index >= 15 is 0 Å². The van der Waals surface area contributed by atoms with Crippen molar-refractivity contribution < 1.29 is 9.84 Å². The van der Waals surface area contributed by atoms with Crippen LogP contribution in [0.2, 0.25) is 0 Å². The normalized spacial score (nSPS) is 12.3. The standard InChI is InChI=1S/C19H24O2/c1-12-8-13(2)18(14(3)9-12)11-21-19-7-6-17(16(5)20)10-15(19)4/h6-10,16,20H,11H2,1-5H3. The van der Waals surface area contributed by atoms with Gasteiger partial charge in [-0.05, 0) is 74.6 Å². The third kappa shape index (κ3) is 3.64. The highest BCUT2D eigenvalue weighted by molar-refractivity contribution is 5.39. The molecular formula is C19H24O2. The van der Waals surface area contributed by atoms with Crippen molar-refractivity contribution in [3.63, 3.8) is 0 Å². The van der Waals surface area contributed by atoms with E-state index in [1.165, 1.54) is 22.3 Å². The molecule has 0 aliphatic rings. The van der Waals surface area contributed by atoms with Gasteiger partial charge in [-0.3, -0.25) is 0 Å². The molecule has 0 saturated heterocycles. The van der Waals surface area contributed by atoms with Gasteiger partial charge in [0.05, 0.1) is 6.10 Å². The first-order chi connectivity index (χ1) is 9.88. The predicted octanol–water partition coefficient (Wildman–Crippen LogP) is 4.55. The molecule has 0 heterocycles. The zero-order valence-corrected chi connectivity index (χ0v) is 13.5. The van der Waals surface area contributed by atoms with Gasteiger partial charge in [0.25, 0.3) is 0 Å². The molecule has 0 bridgehead atoms. The largest absolute Gasteiger partial charge is 0.489 e. The minimum absolute atomic E-state index is 0.445. The van der Waals surface area contributed by atoms with E-state index in [2.05, 4.69) is 32.9 Å². The molecule has 0 amide bonds. The number of ether oxygens (including phenoxy) is 1. The van der Waals surface area contributed by atoms with Crippen LogP contribution in [0.1, 0.15) is 46.4 Å². The number of aryl methyl sites for hydroxylation is 4. The molecule has 1 unspecified atom stereocenters. The highest BCUT2D eigenvalue weighted by Gasteiger charge is 2.08. The highest BCUT2D eigenvalue weighted by atomic mass is 16.5. The second-order valence-corrected chi connectivity index (χ2v) is 5.87. The van der Waals surface area contributed by atoms with E-state index in [1.54, 1.807) is 6.92 Å². The van der Waals surface area contributed by atoms with E-state index < -0.39 is 6.10 Å². The number of aliphatic hydroxyl groups is 1. The van der Waals surface area contributed by atoms with E-state index in [0.29, 0.717) is 6.61 Å². The summed E-state index contributed by atoms with van der Waals surface area (Å²) >= 11 is 0. The monoisotopic (exact) mass is 284 g/mol. The molecule has 112 valence electrons. The average Bonchev–Trinajstić information content (AvgIpc) is 2.38. The lowest BCUT2D eigenvalue weighted by molar-refractivity contribution is 0.199. The summed E-state index contributed by atoms with van der Waals surface area (Å²) in [6, 6.07) is 10.2. The lowest BCUT2D eigenvalue weighted by atomic mass is 10.0. The van der Waals surface area contributed by atoms with Gasteiger partial charge in [-0.15, -0.1) is 0 Å². The van der Waals surface area contributed by atoms with Gasteiger partial charge in [-0.25, -0.2) is 0 Å². The van der Waals surface area contributed by atoms with E-state index in [9.17, 15) is 5.11 Å². The molecular weight excluding hydrogens is 260 g/mol. The van der Waals surface area contributed by atoms with Crippen molar-refractivity contribution in [2.45, 2.75) is 47.3 Å². The third-order valence-electron chi connectivity index (χ3n) is 3.89. The van der Waals surface area contributed by atoms with Crippen molar-refractivity contribution in [2.75, 3.05) is 0 Å². The van der Waals surface area contributed by atoms with Crippen LogP contribution >= 0.6 is 0 Å². The zero-order valence-electron chi connectivity index (χ0n) is 13.5. The Morgan fingerprint density at radius 3 is 2.10 bits per heavy atom. The van der Waals surface area contributed by atoms with E-state index in [4.69, 9.17) is 4.74 Å². The van der Waals surface area contributed by atoms with Crippen molar-refractivity contribution in [2.24, 2.45) is 0 Å². The Labute approximate surface area is 127 Å². The molecule has 0 fully saturated rings. The molecule has 21 heavy (non-hydrogen) atoms. The molecule has 2 heteroatoms. The number of hydrogen-bond donors (Lipinski definition) is 1. The summed E-state index contributed by atoms with van der Waals surface area (Å²) in [5.74, 6) is 0.874. The molecule has 0 radical (unpaired) electrons. The van der Waals surface area contributed by atoms with Crippen molar-refractivity contribution in [3.05, 3.63) is 63.7 Å². The van der Waals surface area contributed by atoms with Crippen LogP contribution in [0.15, 0.2) is 30.3 Å². The average molecular weight is 284 g/mol. The van der Waals surface area contributed by atoms with E-state index in [1.807, 2.05) is 25.1 Å². The first-order valence-electron chi connectivity index (χ1n) is 7.36.